The number of ketones is 1. The molecule has 1 aliphatic heterocycles. The number of hydrogen-bond donors (Lipinski definition) is 1. The molecule has 8 heteroatoms. The fourth-order valence-electron chi connectivity index (χ4n) is 4.58. The summed E-state index contributed by atoms with van der Waals surface area (Å²) in [6, 6.07) is 10.9. The predicted octanol–water partition coefficient (Wildman–Crippen LogP) is 4.65. The summed E-state index contributed by atoms with van der Waals surface area (Å²) in [5.74, 6) is -0.0488. The third-order valence-electron chi connectivity index (χ3n) is 6.61. The van der Waals surface area contributed by atoms with Crippen LogP contribution in [-0.2, 0) is 11.3 Å². The number of carbonyl (C=O) groups excluding carboxylic acids is 3. The molecule has 0 unspecified atom stereocenters. The van der Waals surface area contributed by atoms with Crippen molar-refractivity contribution in [3.8, 4) is 0 Å². The number of Topliss-reactive ketones (excluding diaryl/α,β-unsaturated/α-hetero) is 1. The smallest absolute Gasteiger partial charge is 0.410 e. The van der Waals surface area contributed by atoms with Gasteiger partial charge in [0.1, 0.15) is 11.2 Å². The van der Waals surface area contributed by atoms with Crippen molar-refractivity contribution in [1.82, 2.24) is 14.8 Å². The molecule has 0 aliphatic carbocycles. The Labute approximate surface area is 219 Å². The summed E-state index contributed by atoms with van der Waals surface area (Å²) in [6.45, 7) is 7.29. The van der Waals surface area contributed by atoms with Crippen LogP contribution in [0, 0.1) is 5.92 Å². The predicted molar refractivity (Wildman–Crippen MR) is 143 cm³/mol. The molecule has 0 radical (unpaired) electrons. The second kappa shape index (κ2) is 12.7. The highest BCUT2D eigenvalue weighted by Gasteiger charge is 2.26. The molecular weight excluding hydrogens is 470 g/mol. The number of unbranched alkanes of at least 4 members (excludes halogenated alkanes) is 1. The van der Waals surface area contributed by atoms with Gasteiger partial charge in [-0.05, 0) is 57.6 Å². The van der Waals surface area contributed by atoms with Crippen LogP contribution in [0.3, 0.4) is 0 Å². The van der Waals surface area contributed by atoms with E-state index in [1.807, 2.05) is 51.1 Å². The third kappa shape index (κ3) is 8.30. The summed E-state index contributed by atoms with van der Waals surface area (Å²) in [5, 5.41) is 2.49. The van der Waals surface area contributed by atoms with E-state index < -0.39 is 17.1 Å². The van der Waals surface area contributed by atoms with Crippen LogP contribution in [0.4, 0.5) is 4.79 Å². The number of carbonyl (C=O) groups is 3. The molecule has 1 aliphatic rings. The largest absolute Gasteiger partial charge is 0.444 e. The van der Waals surface area contributed by atoms with Gasteiger partial charge < -0.3 is 19.5 Å². The van der Waals surface area contributed by atoms with Crippen molar-refractivity contribution in [1.29, 1.82) is 0 Å². The standard InChI is InChI=1S/C29H39N3O5/c1-29(2,3)37-28(36)31-16-14-21(15-17-31)10-8-9-13-25(33)23-18-24(26(34)30-4)27(35)32(20-23)19-22-11-6-5-7-12-22/h5-7,11-12,18,20-21H,8-10,13-17,19H2,1-4H3,(H,30,34). The highest BCUT2D eigenvalue weighted by molar-refractivity contribution is 6.00. The molecule has 0 atom stereocenters. The van der Waals surface area contributed by atoms with E-state index in [4.69, 9.17) is 4.74 Å². The van der Waals surface area contributed by atoms with Gasteiger partial charge in [-0.2, -0.15) is 0 Å². The van der Waals surface area contributed by atoms with E-state index in [0.717, 1.165) is 37.7 Å². The topological polar surface area (TPSA) is 97.7 Å². The zero-order valence-corrected chi connectivity index (χ0v) is 22.4. The van der Waals surface area contributed by atoms with Gasteiger partial charge in [0.25, 0.3) is 11.5 Å². The molecule has 1 saturated heterocycles. The normalized spacial score (nSPS) is 14.3. The van der Waals surface area contributed by atoms with Gasteiger partial charge in [0, 0.05) is 38.3 Å². The van der Waals surface area contributed by atoms with Gasteiger partial charge in [-0.15, -0.1) is 0 Å². The summed E-state index contributed by atoms with van der Waals surface area (Å²) in [4.78, 5) is 52.2. The minimum Gasteiger partial charge on any atom is -0.444 e. The maximum atomic E-state index is 13.0. The average molecular weight is 510 g/mol. The van der Waals surface area contributed by atoms with Crippen LogP contribution in [0.25, 0.3) is 0 Å². The first kappa shape index (κ1) is 28.2. The molecule has 0 spiro atoms. The zero-order valence-electron chi connectivity index (χ0n) is 22.4. The van der Waals surface area contributed by atoms with E-state index in [1.165, 1.54) is 17.7 Å². The fourth-order valence-corrected chi connectivity index (χ4v) is 4.58. The maximum absolute atomic E-state index is 13.0. The molecule has 0 saturated carbocycles. The number of nitrogens with one attached hydrogen (secondary N) is 1. The second-order valence-electron chi connectivity index (χ2n) is 10.7. The van der Waals surface area contributed by atoms with Crippen molar-refractivity contribution in [2.24, 2.45) is 5.92 Å². The zero-order chi connectivity index (χ0) is 27.0. The van der Waals surface area contributed by atoms with Gasteiger partial charge in [0.15, 0.2) is 5.78 Å². The van der Waals surface area contributed by atoms with Crippen LogP contribution in [0.5, 0.6) is 0 Å². The molecule has 1 fully saturated rings. The lowest BCUT2D eigenvalue weighted by Crippen LogP contribution is -2.41. The molecule has 1 N–H and O–H groups in total. The average Bonchev–Trinajstić information content (AvgIpc) is 2.87. The second-order valence-corrected chi connectivity index (χ2v) is 10.7. The number of aromatic nitrogens is 1. The van der Waals surface area contributed by atoms with Gasteiger partial charge in [-0.25, -0.2) is 4.79 Å². The molecule has 1 aromatic carbocycles. The number of pyridine rings is 1. The van der Waals surface area contributed by atoms with E-state index >= 15 is 0 Å². The lowest BCUT2D eigenvalue weighted by atomic mass is 9.91. The maximum Gasteiger partial charge on any atom is 0.410 e. The molecule has 37 heavy (non-hydrogen) atoms. The number of piperidine rings is 1. The number of amides is 2. The lowest BCUT2D eigenvalue weighted by molar-refractivity contribution is 0.0180. The first-order valence-corrected chi connectivity index (χ1v) is 13.1. The molecule has 1 aromatic heterocycles. The number of hydrogen-bond acceptors (Lipinski definition) is 5. The number of benzene rings is 1. The number of likely N-dealkylation sites (tertiary alicyclic amines) is 1. The Morgan fingerprint density at radius 3 is 2.35 bits per heavy atom. The lowest BCUT2D eigenvalue weighted by Gasteiger charge is -2.33. The highest BCUT2D eigenvalue weighted by atomic mass is 16.6. The van der Waals surface area contributed by atoms with Gasteiger partial charge in [-0.1, -0.05) is 43.2 Å². The molecule has 0 bridgehead atoms. The molecule has 2 amide bonds. The summed E-state index contributed by atoms with van der Waals surface area (Å²) >= 11 is 0. The van der Waals surface area contributed by atoms with Crippen LogP contribution in [0.15, 0.2) is 47.4 Å². The molecule has 200 valence electrons. The van der Waals surface area contributed by atoms with Crippen LogP contribution in [0.1, 0.15) is 85.6 Å². The number of rotatable bonds is 9. The first-order valence-electron chi connectivity index (χ1n) is 13.1. The SMILES string of the molecule is CNC(=O)c1cc(C(=O)CCCCC2CCN(C(=O)OC(C)(C)C)CC2)cn(Cc2ccccc2)c1=O. The molecule has 8 nitrogen and oxygen atoms in total. The van der Waals surface area contributed by atoms with Crippen LogP contribution in [-0.4, -0.2) is 53.0 Å². The Morgan fingerprint density at radius 2 is 1.73 bits per heavy atom. The fraction of sp³-hybridized carbons (Fsp3) is 0.517. The summed E-state index contributed by atoms with van der Waals surface area (Å²) < 4.78 is 6.90. The Morgan fingerprint density at radius 1 is 1.05 bits per heavy atom. The Balaban J connectivity index is 1.54. The number of nitrogens with zero attached hydrogens (tertiary/aromatic N) is 2. The summed E-state index contributed by atoms with van der Waals surface area (Å²) in [5.41, 5.74) is 0.351. The summed E-state index contributed by atoms with van der Waals surface area (Å²) in [7, 11) is 1.47. The van der Waals surface area contributed by atoms with Crippen molar-refractivity contribution in [2.45, 2.75) is 71.4 Å². The van der Waals surface area contributed by atoms with E-state index in [1.54, 1.807) is 11.1 Å². The third-order valence-corrected chi connectivity index (χ3v) is 6.61. The molecule has 2 heterocycles. The highest BCUT2D eigenvalue weighted by Crippen LogP contribution is 2.24. The van der Waals surface area contributed by atoms with Gasteiger partial charge in [-0.3, -0.25) is 14.4 Å². The minimum absolute atomic E-state index is 0.0268. The van der Waals surface area contributed by atoms with Gasteiger partial charge in [0.2, 0.25) is 0 Å². The van der Waals surface area contributed by atoms with Crippen LogP contribution in [0.2, 0.25) is 0 Å². The van der Waals surface area contributed by atoms with Crippen molar-refractivity contribution in [3.63, 3.8) is 0 Å². The quantitative estimate of drug-likeness (QED) is 0.392. The van der Waals surface area contributed by atoms with Gasteiger partial charge in [0.05, 0.1) is 6.54 Å². The molecule has 3 rings (SSSR count). The van der Waals surface area contributed by atoms with Gasteiger partial charge >= 0.3 is 6.09 Å². The van der Waals surface area contributed by atoms with Crippen molar-refractivity contribution < 1.29 is 19.1 Å². The van der Waals surface area contributed by atoms with Crippen molar-refractivity contribution in [3.05, 3.63) is 69.6 Å². The van der Waals surface area contributed by atoms with Crippen LogP contribution >= 0.6 is 0 Å². The Bertz CT molecular complexity index is 1140. The first-order chi connectivity index (χ1) is 17.6. The van der Waals surface area contributed by atoms with Crippen molar-refractivity contribution >= 4 is 17.8 Å². The Kier molecular flexibility index (Phi) is 9.66. The molecular formula is C29H39N3O5. The van der Waals surface area contributed by atoms with E-state index in [9.17, 15) is 19.2 Å². The van der Waals surface area contributed by atoms with Crippen LogP contribution < -0.4 is 10.9 Å². The van der Waals surface area contributed by atoms with E-state index in [0.29, 0.717) is 31.0 Å². The number of ether oxygens (including phenoxy) is 1. The van der Waals surface area contributed by atoms with Crippen molar-refractivity contribution in [2.75, 3.05) is 20.1 Å². The Hall–Kier alpha value is -3.42. The van der Waals surface area contributed by atoms with E-state index in [-0.39, 0.29) is 24.0 Å². The minimum atomic E-state index is -0.501. The molecule has 2 aromatic rings. The monoisotopic (exact) mass is 509 g/mol. The summed E-state index contributed by atoms with van der Waals surface area (Å²) in [6.07, 6.45) is 6.20. The van der Waals surface area contributed by atoms with E-state index in [2.05, 4.69) is 5.32 Å².